The van der Waals surface area contributed by atoms with Crippen LogP contribution in [-0.2, 0) is 0 Å². The van der Waals surface area contributed by atoms with Crippen molar-refractivity contribution in [2.75, 3.05) is 6.54 Å². The van der Waals surface area contributed by atoms with Crippen molar-refractivity contribution in [3.63, 3.8) is 0 Å². The standard InChI is InChI=1S/C13H15F2NO/c14-13(15)17-12-7-3-10(4-8-12)2-1-9-16-11-5-6-11/h1-4,7-8,11,13,16H,5-6,9H2. The summed E-state index contributed by atoms with van der Waals surface area (Å²) in [5, 5.41) is 3.35. The zero-order valence-corrected chi connectivity index (χ0v) is 9.40. The smallest absolute Gasteiger partial charge is 0.387 e. The quantitative estimate of drug-likeness (QED) is 0.823. The minimum Gasteiger partial charge on any atom is -0.435 e. The molecule has 1 saturated carbocycles. The highest BCUT2D eigenvalue weighted by atomic mass is 19.3. The Labute approximate surface area is 99.3 Å². The van der Waals surface area contributed by atoms with E-state index in [-0.39, 0.29) is 5.75 Å². The van der Waals surface area contributed by atoms with E-state index < -0.39 is 6.61 Å². The number of rotatable bonds is 6. The van der Waals surface area contributed by atoms with E-state index in [2.05, 4.69) is 10.1 Å². The number of ether oxygens (including phenoxy) is 1. The van der Waals surface area contributed by atoms with Gasteiger partial charge in [0.2, 0.25) is 0 Å². The molecule has 0 radical (unpaired) electrons. The molecule has 1 fully saturated rings. The maximum absolute atomic E-state index is 11.9. The molecule has 0 aliphatic heterocycles. The Bertz CT molecular complexity index is 372. The first-order chi connectivity index (χ1) is 8.24. The summed E-state index contributed by atoms with van der Waals surface area (Å²) >= 11 is 0. The van der Waals surface area contributed by atoms with Gasteiger partial charge in [-0.3, -0.25) is 0 Å². The van der Waals surface area contributed by atoms with Crippen molar-refractivity contribution < 1.29 is 13.5 Å². The Morgan fingerprint density at radius 3 is 2.59 bits per heavy atom. The van der Waals surface area contributed by atoms with Crippen molar-refractivity contribution in [1.82, 2.24) is 5.32 Å². The highest BCUT2D eigenvalue weighted by molar-refractivity contribution is 5.50. The molecule has 2 rings (SSSR count). The fourth-order valence-electron chi connectivity index (χ4n) is 1.48. The number of halogens is 2. The van der Waals surface area contributed by atoms with Crippen molar-refractivity contribution in [3.8, 4) is 5.75 Å². The first-order valence-electron chi connectivity index (χ1n) is 5.69. The van der Waals surface area contributed by atoms with Gasteiger partial charge < -0.3 is 10.1 Å². The molecule has 1 aromatic carbocycles. The number of hydrogen-bond donors (Lipinski definition) is 1. The molecule has 4 heteroatoms. The fraction of sp³-hybridized carbons (Fsp3) is 0.385. The van der Waals surface area contributed by atoms with Crippen LogP contribution in [0.25, 0.3) is 6.08 Å². The summed E-state index contributed by atoms with van der Waals surface area (Å²) in [7, 11) is 0. The molecular formula is C13H15F2NO. The van der Waals surface area contributed by atoms with E-state index in [1.54, 1.807) is 24.3 Å². The van der Waals surface area contributed by atoms with Gasteiger partial charge in [0, 0.05) is 12.6 Å². The Morgan fingerprint density at radius 1 is 1.29 bits per heavy atom. The SMILES string of the molecule is FC(F)Oc1ccc(C=CCNC2CC2)cc1. The lowest BCUT2D eigenvalue weighted by Crippen LogP contribution is -2.15. The van der Waals surface area contributed by atoms with Gasteiger partial charge in [-0.25, -0.2) is 0 Å². The van der Waals surface area contributed by atoms with Crippen LogP contribution < -0.4 is 10.1 Å². The molecule has 2 nitrogen and oxygen atoms in total. The van der Waals surface area contributed by atoms with Crippen LogP contribution in [0.2, 0.25) is 0 Å². The average Bonchev–Trinajstić information content (AvgIpc) is 3.10. The third-order valence-electron chi connectivity index (χ3n) is 2.52. The van der Waals surface area contributed by atoms with Gasteiger partial charge in [0.15, 0.2) is 0 Å². The first kappa shape index (κ1) is 12.0. The third kappa shape index (κ3) is 4.53. The molecule has 17 heavy (non-hydrogen) atoms. The molecule has 1 aliphatic carbocycles. The van der Waals surface area contributed by atoms with Crippen molar-refractivity contribution in [3.05, 3.63) is 35.9 Å². The summed E-state index contributed by atoms with van der Waals surface area (Å²) in [5.74, 6) is 0.188. The van der Waals surface area contributed by atoms with E-state index in [0.717, 1.165) is 12.1 Å². The average molecular weight is 239 g/mol. The molecule has 0 spiro atoms. The summed E-state index contributed by atoms with van der Waals surface area (Å²) < 4.78 is 28.1. The Morgan fingerprint density at radius 2 is 2.00 bits per heavy atom. The van der Waals surface area contributed by atoms with Gasteiger partial charge in [0.1, 0.15) is 5.75 Å². The zero-order valence-electron chi connectivity index (χ0n) is 9.40. The second-order valence-electron chi connectivity index (χ2n) is 4.03. The fourth-order valence-corrected chi connectivity index (χ4v) is 1.48. The number of hydrogen-bond acceptors (Lipinski definition) is 2. The highest BCUT2D eigenvalue weighted by Crippen LogP contribution is 2.18. The van der Waals surface area contributed by atoms with Crippen molar-refractivity contribution in [1.29, 1.82) is 0 Å². The number of benzene rings is 1. The van der Waals surface area contributed by atoms with Crippen molar-refractivity contribution >= 4 is 6.08 Å². The van der Waals surface area contributed by atoms with Gasteiger partial charge in [-0.1, -0.05) is 24.3 Å². The molecule has 0 aromatic heterocycles. The van der Waals surface area contributed by atoms with Gasteiger partial charge >= 0.3 is 6.61 Å². The summed E-state index contributed by atoms with van der Waals surface area (Å²) in [5.41, 5.74) is 0.976. The first-order valence-corrected chi connectivity index (χ1v) is 5.69. The van der Waals surface area contributed by atoms with Gasteiger partial charge in [0.25, 0.3) is 0 Å². The molecular weight excluding hydrogens is 224 g/mol. The molecule has 0 atom stereocenters. The molecule has 0 heterocycles. The lowest BCUT2D eigenvalue weighted by molar-refractivity contribution is -0.0498. The molecule has 1 N–H and O–H groups in total. The van der Waals surface area contributed by atoms with Crippen LogP contribution in [-0.4, -0.2) is 19.2 Å². The van der Waals surface area contributed by atoms with Crippen molar-refractivity contribution in [2.24, 2.45) is 0 Å². The molecule has 92 valence electrons. The van der Waals surface area contributed by atoms with E-state index in [0.29, 0.717) is 6.04 Å². The third-order valence-corrected chi connectivity index (χ3v) is 2.52. The molecule has 1 aromatic rings. The predicted octanol–water partition coefficient (Wildman–Crippen LogP) is 3.05. The largest absolute Gasteiger partial charge is 0.435 e. The van der Waals surface area contributed by atoms with Crippen LogP contribution in [0.4, 0.5) is 8.78 Å². The van der Waals surface area contributed by atoms with Crippen LogP contribution in [0.1, 0.15) is 18.4 Å². The summed E-state index contributed by atoms with van der Waals surface area (Å²) in [6.45, 7) is -1.92. The summed E-state index contributed by atoms with van der Waals surface area (Å²) in [6.07, 6.45) is 6.53. The van der Waals surface area contributed by atoms with E-state index in [1.165, 1.54) is 12.8 Å². The van der Waals surface area contributed by atoms with E-state index in [4.69, 9.17) is 0 Å². The maximum atomic E-state index is 11.9. The zero-order chi connectivity index (χ0) is 12.1. The van der Waals surface area contributed by atoms with Gasteiger partial charge in [-0.15, -0.1) is 0 Å². The van der Waals surface area contributed by atoms with Gasteiger partial charge in [-0.2, -0.15) is 8.78 Å². The van der Waals surface area contributed by atoms with Gasteiger partial charge in [-0.05, 0) is 30.5 Å². The summed E-state index contributed by atoms with van der Waals surface area (Å²) in [4.78, 5) is 0. The van der Waals surface area contributed by atoms with E-state index >= 15 is 0 Å². The molecule has 0 bridgehead atoms. The van der Waals surface area contributed by atoms with Crippen LogP contribution in [0.3, 0.4) is 0 Å². The van der Waals surface area contributed by atoms with Crippen molar-refractivity contribution in [2.45, 2.75) is 25.5 Å². The second-order valence-corrected chi connectivity index (χ2v) is 4.03. The lowest BCUT2D eigenvalue weighted by Gasteiger charge is -2.03. The molecule has 0 saturated heterocycles. The Kier molecular flexibility index (Phi) is 4.09. The minimum atomic E-state index is -2.76. The van der Waals surface area contributed by atoms with E-state index in [1.807, 2.05) is 12.2 Å². The number of alkyl halides is 2. The molecule has 1 aliphatic rings. The highest BCUT2D eigenvalue weighted by Gasteiger charge is 2.18. The van der Waals surface area contributed by atoms with Crippen LogP contribution in [0.5, 0.6) is 5.75 Å². The molecule has 0 amide bonds. The normalized spacial score (nSPS) is 15.7. The van der Waals surface area contributed by atoms with Crippen LogP contribution >= 0.6 is 0 Å². The molecule has 0 unspecified atom stereocenters. The minimum absolute atomic E-state index is 0.188. The maximum Gasteiger partial charge on any atom is 0.387 e. The summed E-state index contributed by atoms with van der Waals surface area (Å²) in [6, 6.07) is 7.29. The van der Waals surface area contributed by atoms with Gasteiger partial charge in [0.05, 0.1) is 0 Å². The lowest BCUT2D eigenvalue weighted by atomic mass is 10.2. The predicted molar refractivity (Wildman–Crippen MR) is 63.1 cm³/mol. The monoisotopic (exact) mass is 239 g/mol. The van der Waals surface area contributed by atoms with Crippen LogP contribution in [0.15, 0.2) is 30.3 Å². The second kappa shape index (κ2) is 5.77. The number of nitrogens with one attached hydrogen (secondary N) is 1. The van der Waals surface area contributed by atoms with Crippen LogP contribution in [0, 0.1) is 0 Å². The Balaban J connectivity index is 1.79. The topological polar surface area (TPSA) is 21.3 Å². The van der Waals surface area contributed by atoms with E-state index in [9.17, 15) is 8.78 Å². The Hall–Kier alpha value is -1.42.